The number of pyridine rings is 1. The second-order valence-electron chi connectivity index (χ2n) is 18.3. The molecule has 0 atom stereocenters. The van der Waals surface area contributed by atoms with Crippen LogP contribution in [0.4, 0.5) is 17.1 Å². The van der Waals surface area contributed by atoms with Gasteiger partial charge in [0, 0.05) is 22.0 Å². The number of nitrogens with zero attached hydrogens (tertiary/aromatic N) is 3. The fourth-order valence-corrected chi connectivity index (χ4v) is 11.6. The molecule has 10 aromatic carbocycles. The third-order valence-electron chi connectivity index (χ3n) is 14.6. The maximum absolute atomic E-state index is 5.41. The lowest BCUT2D eigenvalue weighted by Gasteiger charge is -2.45. The van der Waals surface area contributed by atoms with E-state index < -0.39 is 5.41 Å². The van der Waals surface area contributed by atoms with Crippen LogP contribution < -0.4 is 4.90 Å². The number of para-hydroxylation sites is 2. The molecule has 0 radical (unpaired) electrons. The molecule has 3 heteroatoms. The van der Waals surface area contributed by atoms with Gasteiger partial charge in [-0.25, -0.2) is 4.98 Å². The molecule has 69 heavy (non-hydrogen) atoms. The van der Waals surface area contributed by atoms with Gasteiger partial charge in [-0.2, -0.15) is 0 Å². The molecule has 2 aliphatic rings. The molecule has 1 aliphatic carbocycles. The zero-order valence-electron chi connectivity index (χ0n) is 37.7. The van der Waals surface area contributed by atoms with Crippen LogP contribution in [0.5, 0.6) is 0 Å². The summed E-state index contributed by atoms with van der Waals surface area (Å²) in [5, 5.41) is 2.37. The monoisotopic (exact) mass is 877 g/mol. The van der Waals surface area contributed by atoms with Crippen LogP contribution >= 0.6 is 0 Å². The third-order valence-corrected chi connectivity index (χ3v) is 14.6. The molecule has 0 saturated carbocycles. The van der Waals surface area contributed by atoms with Crippen LogP contribution in [0.15, 0.2) is 261 Å². The topological polar surface area (TPSA) is 21.1 Å². The summed E-state index contributed by atoms with van der Waals surface area (Å²) >= 11 is 0. The number of aromatic nitrogens is 2. The second kappa shape index (κ2) is 15.5. The predicted molar refractivity (Wildman–Crippen MR) is 286 cm³/mol. The van der Waals surface area contributed by atoms with Crippen LogP contribution in [0.2, 0.25) is 0 Å². The maximum atomic E-state index is 5.41. The minimum Gasteiger partial charge on any atom is -0.310 e. The molecular weight excluding hydrogens is 835 g/mol. The maximum Gasteiger partial charge on any atom is 0.138 e. The first-order valence-electron chi connectivity index (χ1n) is 23.8. The van der Waals surface area contributed by atoms with Gasteiger partial charge in [0.2, 0.25) is 0 Å². The lowest BCUT2D eigenvalue weighted by atomic mass is 9.64. The highest BCUT2D eigenvalue weighted by molar-refractivity contribution is 6.10. The van der Waals surface area contributed by atoms with Gasteiger partial charge in [0.15, 0.2) is 0 Å². The SMILES string of the molecule is c1ccc(-c2cccc(N3c4ccccc4C4(c5ccccc5-c5ccccc54)c4ccc(-c5ccc6c(c5)c5ccccc5n6-c5cc(-c6ccccc6)cc(-c6ccccc6)n5)cc43)c2)cc1. The highest BCUT2D eigenvalue weighted by atomic mass is 15.2. The van der Waals surface area contributed by atoms with E-state index in [4.69, 9.17) is 4.98 Å². The van der Waals surface area contributed by atoms with Crippen molar-refractivity contribution in [1.82, 2.24) is 9.55 Å². The number of hydrogen-bond donors (Lipinski definition) is 0. The van der Waals surface area contributed by atoms with Crippen LogP contribution in [0.25, 0.3) is 83.4 Å². The van der Waals surface area contributed by atoms with Crippen LogP contribution in [0, 0.1) is 0 Å². The van der Waals surface area contributed by atoms with Crippen LogP contribution in [-0.4, -0.2) is 9.55 Å². The van der Waals surface area contributed by atoms with Gasteiger partial charge in [0.1, 0.15) is 5.82 Å². The summed E-state index contributed by atoms with van der Waals surface area (Å²) in [6.07, 6.45) is 0. The molecule has 1 aliphatic heterocycles. The smallest absolute Gasteiger partial charge is 0.138 e. The molecule has 0 amide bonds. The Labute approximate surface area is 401 Å². The average Bonchev–Trinajstić information content (AvgIpc) is 3.92. The molecule has 0 N–H and O–H groups in total. The normalized spacial score (nSPS) is 13.0. The third kappa shape index (κ3) is 5.97. The van der Waals surface area contributed by atoms with Crippen molar-refractivity contribution in [3.63, 3.8) is 0 Å². The lowest BCUT2D eigenvalue weighted by molar-refractivity contribution is 0.753. The molecule has 12 aromatic rings. The molecule has 2 aromatic heterocycles. The first-order chi connectivity index (χ1) is 34.2. The number of hydrogen-bond acceptors (Lipinski definition) is 2. The van der Waals surface area contributed by atoms with E-state index in [1.165, 1.54) is 66.7 Å². The lowest BCUT2D eigenvalue weighted by Crippen LogP contribution is -2.36. The van der Waals surface area contributed by atoms with Crippen LogP contribution in [-0.2, 0) is 5.41 Å². The van der Waals surface area contributed by atoms with Gasteiger partial charge in [-0.3, -0.25) is 4.57 Å². The van der Waals surface area contributed by atoms with Crippen molar-refractivity contribution < 1.29 is 0 Å². The van der Waals surface area contributed by atoms with Crippen molar-refractivity contribution in [3.8, 4) is 61.6 Å². The Morgan fingerprint density at radius 2 is 0.841 bits per heavy atom. The van der Waals surface area contributed by atoms with Crippen molar-refractivity contribution in [3.05, 3.63) is 283 Å². The van der Waals surface area contributed by atoms with Crippen molar-refractivity contribution >= 4 is 38.9 Å². The number of rotatable bonds is 6. The van der Waals surface area contributed by atoms with Crippen molar-refractivity contribution in [2.45, 2.75) is 5.41 Å². The summed E-state index contributed by atoms with van der Waals surface area (Å²) < 4.78 is 2.34. The summed E-state index contributed by atoms with van der Waals surface area (Å²) in [5.41, 5.74) is 21.9. The second-order valence-corrected chi connectivity index (χ2v) is 18.3. The quantitative estimate of drug-likeness (QED) is 0.166. The summed E-state index contributed by atoms with van der Waals surface area (Å²) in [4.78, 5) is 7.92. The number of anilines is 3. The first-order valence-corrected chi connectivity index (χ1v) is 23.8. The summed E-state index contributed by atoms with van der Waals surface area (Å²) in [5.74, 6) is 0.886. The highest BCUT2D eigenvalue weighted by Crippen LogP contribution is 2.63. The Morgan fingerprint density at radius 3 is 1.58 bits per heavy atom. The minimum atomic E-state index is -0.525. The Hall–Kier alpha value is -9.05. The predicted octanol–water partition coefficient (Wildman–Crippen LogP) is 17.0. The van der Waals surface area contributed by atoms with E-state index in [1.807, 2.05) is 0 Å². The van der Waals surface area contributed by atoms with Gasteiger partial charge in [-0.05, 0) is 121 Å². The molecule has 322 valence electrons. The minimum absolute atomic E-state index is 0.525. The Bertz CT molecular complexity index is 3860. The van der Waals surface area contributed by atoms with Crippen molar-refractivity contribution in [1.29, 1.82) is 0 Å². The van der Waals surface area contributed by atoms with Gasteiger partial charge < -0.3 is 4.90 Å². The Morgan fingerprint density at radius 1 is 0.304 bits per heavy atom. The van der Waals surface area contributed by atoms with Crippen LogP contribution in [0.3, 0.4) is 0 Å². The number of fused-ring (bicyclic) bond motifs is 12. The van der Waals surface area contributed by atoms with Crippen molar-refractivity contribution in [2.75, 3.05) is 4.90 Å². The molecule has 0 unspecified atom stereocenters. The number of benzene rings is 10. The summed E-state index contributed by atoms with van der Waals surface area (Å²) in [6.45, 7) is 0. The fraction of sp³-hybridized carbons (Fsp3) is 0.0152. The molecule has 3 nitrogen and oxygen atoms in total. The average molecular weight is 878 g/mol. The van der Waals surface area contributed by atoms with Gasteiger partial charge in [-0.15, -0.1) is 0 Å². The molecular formula is C66H43N3. The molecule has 14 rings (SSSR count). The Kier molecular flexibility index (Phi) is 8.80. The van der Waals surface area contributed by atoms with Gasteiger partial charge in [0.05, 0.1) is 33.5 Å². The van der Waals surface area contributed by atoms with Gasteiger partial charge >= 0.3 is 0 Å². The van der Waals surface area contributed by atoms with E-state index >= 15 is 0 Å². The molecule has 0 bridgehead atoms. The van der Waals surface area contributed by atoms with E-state index in [1.54, 1.807) is 0 Å². The van der Waals surface area contributed by atoms with E-state index in [9.17, 15) is 0 Å². The summed E-state index contributed by atoms with van der Waals surface area (Å²) in [6, 6.07) is 95.5. The highest BCUT2D eigenvalue weighted by Gasteiger charge is 2.51. The molecule has 0 fully saturated rings. The van der Waals surface area contributed by atoms with E-state index in [0.29, 0.717) is 0 Å². The van der Waals surface area contributed by atoms with Crippen LogP contribution in [0.1, 0.15) is 22.3 Å². The van der Waals surface area contributed by atoms with Gasteiger partial charge in [0.25, 0.3) is 0 Å². The zero-order valence-corrected chi connectivity index (χ0v) is 37.7. The molecule has 1 spiro atoms. The standard InChI is InChI=1S/C66H43N3/c1-4-19-44(20-5-1)47-25-18-26-51(39-47)68-63-34-17-15-32-58(63)66(56-30-13-10-27-52(56)53-28-11-14-31-57(53)66)59-37-35-49(42-64(59)68)48-36-38-62-55(40-48)54-29-12-16-33-61(54)69(62)65-43-50(45-21-6-2-7-22-45)41-60(67-65)46-23-8-3-9-24-46/h1-43H. The molecule has 0 saturated heterocycles. The zero-order chi connectivity index (χ0) is 45.5. The summed E-state index contributed by atoms with van der Waals surface area (Å²) in [7, 11) is 0. The molecule has 3 heterocycles. The largest absolute Gasteiger partial charge is 0.310 e. The van der Waals surface area contributed by atoms with Crippen molar-refractivity contribution in [2.24, 2.45) is 0 Å². The van der Waals surface area contributed by atoms with E-state index in [0.717, 1.165) is 56.0 Å². The first kappa shape index (κ1) is 39.1. The fourth-order valence-electron chi connectivity index (χ4n) is 11.6. The van der Waals surface area contributed by atoms with E-state index in [2.05, 4.69) is 270 Å². The van der Waals surface area contributed by atoms with E-state index in [-0.39, 0.29) is 0 Å². The Balaban J connectivity index is 0.995. The van der Waals surface area contributed by atoms with Gasteiger partial charge in [-0.1, -0.05) is 206 Å².